The van der Waals surface area contributed by atoms with Crippen LogP contribution in [0.5, 0.6) is 0 Å². The molecule has 2 fully saturated rings. The lowest BCUT2D eigenvalue weighted by molar-refractivity contribution is -0.0976. The van der Waals surface area contributed by atoms with E-state index in [0.29, 0.717) is 5.41 Å². The molecule has 2 nitrogen and oxygen atoms in total. The van der Waals surface area contributed by atoms with Gasteiger partial charge >= 0.3 is 0 Å². The van der Waals surface area contributed by atoms with Crippen molar-refractivity contribution >= 4 is 0 Å². The van der Waals surface area contributed by atoms with Gasteiger partial charge in [0.15, 0.2) is 0 Å². The van der Waals surface area contributed by atoms with Crippen LogP contribution in [0.1, 0.15) is 12.8 Å². The molecule has 1 saturated heterocycles. The normalized spacial score (nSPS) is 34.1. The van der Waals surface area contributed by atoms with Crippen molar-refractivity contribution in [3.63, 3.8) is 0 Å². The molecule has 1 heterocycles. The Balaban J connectivity index is 1.92. The fourth-order valence-corrected chi connectivity index (χ4v) is 1.67. The van der Waals surface area contributed by atoms with Crippen LogP contribution in [-0.2, 0) is 5.11 Å². The first-order valence-corrected chi connectivity index (χ1v) is 3.17. The van der Waals surface area contributed by atoms with Gasteiger partial charge in [0.25, 0.3) is 0 Å². The third-order valence-corrected chi connectivity index (χ3v) is 2.32. The van der Waals surface area contributed by atoms with Crippen LogP contribution < -0.4 is 5.32 Å². The van der Waals surface area contributed by atoms with Crippen molar-refractivity contribution in [1.82, 2.24) is 5.32 Å². The topological polar surface area (TPSA) is 31.9 Å². The van der Waals surface area contributed by atoms with E-state index >= 15 is 0 Å². The molecule has 1 spiro atoms. The predicted octanol–water partition coefficient (Wildman–Crippen LogP) is 0.169. The van der Waals surface area contributed by atoms with Crippen molar-refractivity contribution in [3.05, 3.63) is 0 Å². The highest BCUT2D eigenvalue weighted by Gasteiger charge is 2.48. The monoisotopic (exact) mass is 112 g/mol. The lowest BCUT2D eigenvalue weighted by atomic mass is 9.63. The van der Waals surface area contributed by atoms with E-state index in [-0.39, 0.29) is 6.10 Å². The maximum absolute atomic E-state index is 10.6. The van der Waals surface area contributed by atoms with Crippen molar-refractivity contribution in [2.45, 2.75) is 18.9 Å². The van der Waals surface area contributed by atoms with E-state index in [9.17, 15) is 5.11 Å². The summed E-state index contributed by atoms with van der Waals surface area (Å²) in [5.74, 6) is 0. The van der Waals surface area contributed by atoms with Crippen molar-refractivity contribution < 1.29 is 5.11 Å². The third-order valence-electron chi connectivity index (χ3n) is 2.32. The van der Waals surface area contributed by atoms with Gasteiger partial charge in [-0.05, 0) is 12.8 Å². The zero-order valence-corrected chi connectivity index (χ0v) is 4.81. The molecule has 0 atom stereocenters. The first-order valence-electron chi connectivity index (χ1n) is 3.17. The van der Waals surface area contributed by atoms with E-state index in [1.807, 2.05) is 0 Å². The summed E-state index contributed by atoms with van der Waals surface area (Å²) < 4.78 is 0. The SMILES string of the molecule is [O]C1CC2(CNC2)C1. The average molecular weight is 112 g/mol. The Morgan fingerprint density at radius 3 is 2.12 bits per heavy atom. The van der Waals surface area contributed by atoms with Gasteiger partial charge in [-0.1, -0.05) is 0 Å². The Hall–Kier alpha value is -0.0800. The van der Waals surface area contributed by atoms with Gasteiger partial charge in [0.1, 0.15) is 0 Å². The minimum atomic E-state index is -0.225. The molecule has 1 radical (unpaired) electrons. The Morgan fingerprint density at radius 2 is 2.00 bits per heavy atom. The van der Waals surface area contributed by atoms with Crippen molar-refractivity contribution in [3.8, 4) is 0 Å². The minimum Gasteiger partial charge on any atom is -0.316 e. The molecule has 2 heteroatoms. The first-order chi connectivity index (χ1) is 3.81. The van der Waals surface area contributed by atoms with E-state index in [1.54, 1.807) is 0 Å². The van der Waals surface area contributed by atoms with E-state index in [2.05, 4.69) is 5.32 Å². The van der Waals surface area contributed by atoms with Crippen molar-refractivity contribution in [1.29, 1.82) is 0 Å². The maximum Gasteiger partial charge on any atom is 0.0942 e. The Kier molecular flexibility index (Phi) is 0.746. The zero-order chi connectivity index (χ0) is 5.61. The summed E-state index contributed by atoms with van der Waals surface area (Å²) in [5, 5.41) is 13.7. The number of hydrogen-bond acceptors (Lipinski definition) is 1. The van der Waals surface area contributed by atoms with Crippen LogP contribution in [0.3, 0.4) is 0 Å². The fourth-order valence-electron chi connectivity index (χ4n) is 1.67. The van der Waals surface area contributed by atoms with Crippen molar-refractivity contribution in [2.24, 2.45) is 5.41 Å². The average Bonchev–Trinajstić information content (AvgIpc) is 1.51. The fraction of sp³-hybridized carbons (Fsp3) is 1.00. The van der Waals surface area contributed by atoms with Crippen LogP contribution in [-0.4, -0.2) is 19.2 Å². The summed E-state index contributed by atoms with van der Waals surface area (Å²) in [6.07, 6.45) is 1.64. The summed E-state index contributed by atoms with van der Waals surface area (Å²) in [4.78, 5) is 0. The lowest BCUT2D eigenvalue weighted by Gasteiger charge is -2.51. The molecule has 1 N–H and O–H groups in total. The first kappa shape index (κ1) is 4.77. The van der Waals surface area contributed by atoms with E-state index < -0.39 is 0 Å². The minimum absolute atomic E-state index is 0.225. The molecule has 0 bridgehead atoms. The highest BCUT2D eigenvalue weighted by atomic mass is 16.3. The van der Waals surface area contributed by atoms with Gasteiger partial charge < -0.3 is 5.32 Å². The Labute approximate surface area is 48.9 Å². The molecule has 1 aliphatic carbocycles. The highest BCUT2D eigenvalue weighted by Crippen LogP contribution is 2.44. The molecule has 0 aromatic carbocycles. The van der Waals surface area contributed by atoms with E-state index in [4.69, 9.17) is 0 Å². The Morgan fingerprint density at radius 1 is 1.38 bits per heavy atom. The van der Waals surface area contributed by atoms with Gasteiger partial charge in [0.2, 0.25) is 0 Å². The predicted molar refractivity (Wildman–Crippen MR) is 29.0 cm³/mol. The molecule has 2 rings (SSSR count). The smallest absolute Gasteiger partial charge is 0.0942 e. The summed E-state index contributed by atoms with van der Waals surface area (Å²) in [7, 11) is 0. The van der Waals surface area contributed by atoms with Crippen LogP contribution >= 0.6 is 0 Å². The van der Waals surface area contributed by atoms with Crippen LogP contribution in [0.15, 0.2) is 0 Å². The molecule has 0 aromatic heterocycles. The molecule has 2 aliphatic rings. The van der Waals surface area contributed by atoms with Crippen LogP contribution in [0, 0.1) is 5.41 Å². The van der Waals surface area contributed by atoms with E-state index in [1.165, 1.54) is 0 Å². The second-order valence-electron chi connectivity index (χ2n) is 3.13. The molecule has 0 amide bonds. The van der Waals surface area contributed by atoms with Gasteiger partial charge in [-0.2, -0.15) is 0 Å². The highest BCUT2D eigenvalue weighted by molar-refractivity contribution is 5.02. The summed E-state index contributed by atoms with van der Waals surface area (Å²) in [5.41, 5.74) is 0.492. The van der Waals surface area contributed by atoms with Crippen LogP contribution in [0.2, 0.25) is 0 Å². The number of rotatable bonds is 0. The Bertz CT molecular complexity index is 101. The molecular weight excluding hydrogens is 102 g/mol. The lowest BCUT2D eigenvalue weighted by Crippen LogP contribution is -2.61. The van der Waals surface area contributed by atoms with Crippen LogP contribution in [0.4, 0.5) is 0 Å². The van der Waals surface area contributed by atoms with Gasteiger partial charge in [-0.15, -0.1) is 0 Å². The third kappa shape index (κ3) is 0.446. The van der Waals surface area contributed by atoms with Gasteiger partial charge in [-0.25, -0.2) is 5.11 Å². The molecule has 45 valence electrons. The quantitative estimate of drug-likeness (QED) is 0.476. The molecule has 0 unspecified atom stereocenters. The zero-order valence-electron chi connectivity index (χ0n) is 4.81. The summed E-state index contributed by atoms with van der Waals surface area (Å²) in [6.45, 7) is 2.21. The number of hydrogen-bond donors (Lipinski definition) is 1. The second-order valence-corrected chi connectivity index (χ2v) is 3.13. The summed E-state index contributed by atoms with van der Waals surface area (Å²) >= 11 is 0. The maximum atomic E-state index is 10.6. The standard InChI is InChI=1S/C6H10NO/c8-5-1-6(2-5)3-7-4-6/h5,7H,1-4H2. The van der Waals surface area contributed by atoms with Gasteiger partial charge in [-0.3, -0.25) is 0 Å². The molecule has 0 aromatic rings. The summed E-state index contributed by atoms with van der Waals surface area (Å²) in [6, 6.07) is 0. The van der Waals surface area contributed by atoms with Crippen LogP contribution in [0.25, 0.3) is 0 Å². The van der Waals surface area contributed by atoms with E-state index in [0.717, 1.165) is 25.9 Å². The number of nitrogens with one attached hydrogen (secondary N) is 1. The van der Waals surface area contributed by atoms with Gasteiger partial charge in [0, 0.05) is 18.5 Å². The molecular formula is C6H10NO. The van der Waals surface area contributed by atoms with Crippen molar-refractivity contribution in [2.75, 3.05) is 13.1 Å². The van der Waals surface area contributed by atoms with Gasteiger partial charge in [0.05, 0.1) is 6.10 Å². The largest absolute Gasteiger partial charge is 0.316 e. The molecule has 1 aliphatic heterocycles. The second kappa shape index (κ2) is 1.25. The molecule has 8 heavy (non-hydrogen) atoms. The molecule has 1 saturated carbocycles.